The summed E-state index contributed by atoms with van der Waals surface area (Å²) in [6.45, 7) is 6.36. The highest BCUT2D eigenvalue weighted by Gasteiger charge is 2.33. The molecule has 0 aromatic rings. The summed E-state index contributed by atoms with van der Waals surface area (Å²) in [5.74, 6) is 0. The summed E-state index contributed by atoms with van der Waals surface area (Å²) < 4.78 is 4.98. The fraction of sp³-hybridized carbons (Fsp3) is 0.818. The Morgan fingerprint density at radius 3 is 2.79 bits per heavy atom. The number of ether oxygens (including phenoxy) is 1. The van der Waals surface area contributed by atoms with Crippen LogP contribution in [0.3, 0.4) is 0 Å². The molecule has 0 aromatic heterocycles. The maximum Gasteiger partial charge on any atom is 0.216 e. The Kier molecular flexibility index (Phi) is 4.11. The lowest BCUT2D eigenvalue weighted by Gasteiger charge is -2.32. The van der Waals surface area contributed by atoms with Gasteiger partial charge in [-0.05, 0) is 20.3 Å². The van der Waals surface area contributed by atoms with Crippen LogP contribution in [-0.2, 0) is 4.74 Å². The predicted molar refractivity (Wildman–Crippen MR) is 56.8 cm³/mol. The van der Waals surface area contributed by atoms with Crippen molar-refractivity contribution >= 4 is 0 Å². The van der Waals surface area contributed by atoms with Crippen LogP contribution in [0, 0.1) is 0 Å². The molecule has 0 saturated heterocycles. The van der Waals surface area contributed by atoms with Gasteiger partial charge in [0.15, 0.2) is 0 Å². The third-order valence-electron chi connectivity index (χ3n) is 2.99. The molecule has 0 saturated carbocycles. The Labute approximate surface area is 86.4 Å². The molecule has 0 radical (unpaired) electrons. The Morgan fingerprint density at radius 2 is 2.29 bits per heavy atom. The summed E-state index contributed by atoms with van der Waals surface area (Å²) in [5.41, 5.74) is 1.32. The van der Waals surface area contributed by atoms with Crippen LogP contribution in [-0.4, -0.2) is 35.6 Å². The van der Waals surface area contributed by atoms with E-state index in [1.165, 1.54) is 12.7 Å². The molecule has 0 amide bonds. The lowest BCUT2D eigenvalue weighted by atomic mass is 10.1. The number of aliphatic hydroxyl groups excluding tert-OH is 1. The Balaban J connectivity index is 2.71. The summed E-state index contributed by atoms with van der Waals surface area (Å²) in [5, 5.41) is 9.71. The molecule has 1 N–H and O–H groups in total. The minimum absolute atomic E-state index is 0.279. The van der Waals surface area contributed by atoms with Crippen molar-refractivity contribution < 1.29 is 9.84 Å². The van der Waals surface area contributed by atoms with Gasteiger partial charge in [0, 0.05) is 19.2 Å². The van der Waals surface area contributed by atoms with Crippen molar-refractivity contribution in [1.82, 2.24) is 4.90 Å². The molecule has 82 valence electrons. The SMILES string of the molecule is CCCC1C=C(C)C(C)N1C(O)OC. The van der Waals surface area contributed by atoms with E-state index in [2.05, 4.69) is 26.8 Å². The summed E-state index contributed by atoms with van der Waals surface area (Å²) >= 11 is 0. The van der Waals surface area contributed by atoms with Gasteiger partial charge in [-0.15, -0.1) is 0 Å². The minimum Gasteiger partial charge on any atom is -0.356 e. The van der Waals surface area contributed by atoms with Crippen LogP contribution in [0.4, 0.5) is 0 Å². The van der Waals surface area contributed by atoms with E-state index < -0.39 is 6.41 Å². The van der Waals surface area contributed by atoms with Gasteiger partial charge in [0.05, 0.1) is 0 Å². The molecular weight excluding hydrogens is 178 g/mol. The Morgan fingerprint density at radius 1 is 1.64 bits per heavy atom. The van der Waals surface area contributed by atoms with E-state index in [-0.39, 0.29) is 6.04 Å². The van der Waals surface area contributed by atoms with Crippen LogP contribution < -0.4 is 0 Å². The minimum atomic E-state index is -0.782. The van der Waals surface area contributed by atoms with Crippen LogP contribution in [0.25, 0.3) is 0 Å². The molecule has 1 heterocycles. The maximum absolute atomic E-state index is 9.71. The van der Waals surface area contributed by atoms with Gasteiger partial charge in [-0.3, -0.25) is 0 Å². The zero-order valence-corrected chi connectivity index (χ0v) is 9.53. The normalized spacial score (nSPS) is 30.5. The molecule has 1 aliphatic rings. The monoisotopic (exact) mass is 199 g/mol. The van der Waals surface area contributed by atoms with Crippen LogP contribution >= 0.6 is 0 Å². The Bertz CT molecular complexity index is 215. The molecule has 0 bridgehead atoms. The van der Waals surface area contributed by atoms with Crippen molar-refractivity contribution in [3.05, 3.63) is 11.6 Å². The van der Waals surface area contributed by atoms with Gasteiger partial charge in [-0.1, -0.05) is 25.0 Å². The first-order valence-corrected chi connectivity index (χ1v) is 5.28. The van der Waals surface area contributed by atoms with E-state index in [1.54, 1.807) is 0 Å². The first-order valence-electron chi connectivity index (χ1n) is 5.28. The van der Waals surface area contributed by atoms with Gasteiger partial charge in [0.2, 0.25) is 6.41 Å². The van der Waals surface area contributed by atoms with E-state index in [9.17, 15) is 5.11 Å². The Hall–Kier alpha value is -0.380. The third kappa shape index (κ3) is 2.16. The van der Waals surface area contributed by atoms with Crippen molar-refractivity contribution in [2.45, 2.75) is 52.1 Å². The van der Waals surface area contributed by atoms with Crippen molar-refractivity contribution in [3.63, 3.8) is 0 Å². The second-order valence-electron chi connectivity index (χ2n) is 3.95. The zero-order valence-electron chi connectivity index (χ0n) is 9.53. The first kappa shape index (κ1) is 11.7. The highest BCUT2D eigenvalue weighted by Crippen LogP contribution is 2.27. The summed E-state index contributed by atoms with van der Waals surface area (Å²) in [6, 6.07) is 0.603. The largest absolute Gasteiger partial charge is 0.356 e. The van der Waals surface area contributed by atoms with E-state index in [1.807, 2.05) is 4.90 Å². The van der Waals surface area contributed by atoms with Gasteiger partial charge in [0.25, 0.3) is 0 Å². The van der Waals surface area contributed by atoms with E-state index >= 15 is 0 Å². The number of rotatable bonds is 4. The van der Waals surface area contributed by atoms with Crippen molar-refractivity contribution in [3.8, 4) is 0 Å². The average Bonchev–Trinajstić information content (AvgIpc) is 2.43. The lowest BCUT2D eigenvalue weighted by molar-refractivity contribution is -0.190. The highest BCUT2D eigenvalue weighted by atomic mass is 16.6. The first-order chi connectivity index (χ1) is 6.61. The van der Waals surface area contributed by atoms with Crippen LogP contribution in [0.5, 0.6) is 0 Å². The standard InChI is InChI=1S/C11H21NO2/c1-5-6-10-7-8(2)9(3)12(10)11(13)14-4/h7,9-11,13H,5-6H2,1-4H3. The van der Waals surface area contributed by atoms with Crippen LogP contribution in [0.15, 0.2) is 11.6 Å². The van der Waals surface area contributed by atoms with Gasteiger partial charge in [-0.2, -0.15) is 0 Å². The number of nitrogens with zero attached hydrogens (tertiary/aromatic N) is 1. The molecule has 1 aliphatic heterocycles. The summed E-state index contributed by atoms with van der Waals surface area (Å²) in [4.78, 5) is 2.01. The third-order valence-corrected chi connectivity index (χ3v) is 2.99. The number of hydrogen-bond acceptors (Lipinski definition) is 3. The van der Waals surface area contributed by atoms with Gasteiger partial charge in [-0.25, -0.2) is 4.90 Å². The van der Waals surface area contributed by atoms with Crippen molar-refractivity contribution in [2.24, 2.45) is 0 Å². The van der Waals surface area contributed by atoms with Gasteiger partial charge in [0.1, 0.15) is 0 Å². The molecule has 3 atom stereocenters. The zero-order chi connectivity index (χ0) is 10.7. The van der Waals surface area contributed by atoms with Crippen LogP contribution in [0.1, 0.15) is 33.6 Å². The topological polar surface area (TPSA) is 32.7 Å². The predicted octanol–water partition coefficient (Wildman–Crippen LogP) is 1.73. The molecule has 0 spiro atoms. The second-order valence-corrected chi connectivity index (χ2v) is 3.95. The smallest absolute Gasteiger partial charge is 0.216 e. The molecule has 3 nitrogen and oxygen atoms in total. The van der Waals surface area contributed by atoms with E-state index in [0.717, 1.165) is 12.8 Å². The summed E-state index contributed by atoms with van der Waals surface area (Å²) in [7, 11) is 1.54. The molecule has 1 rings (SSSR count). The van der Waals surface area contributed by atoms with Crippen molar-refractivity contribution in [2.75, 3.05) is 7.11 Å². The number of aliphatic hydroxyl groups is 1. The lowest BCUT2D eigenvalue weighted by Crippen LogP contribution is -2.45. The highest BCUT2D eigenvalue weighted by molar-refractivity contribution is 5.18. The maximum atomic E-state index is 9.71. The molecule has 3 heteroatoms. The quantitative estimate of drug-likeness (QED) is 0.553. The van der Waals surface area contributed by atoms with Gasteiger partial charge < -0.3 is 9.84 Å². The molecule has 0 aliphatic carbocycles. The molecular formula is C11H21NO2. The van der Waals surface area contributed by atoms with Gasteiger partial charge >= 0.3 is 0 Å². The van der Waals surface area contributed by atoms with Crippen LogP contribution in [0.2, 0.25) is 0 Å². The molecule has 3 unspecified atom stereocenters. The van der Waals surface area contributed by atoms with Crippen molar-refractivity contribution in [1.29, 1.82) is 0 Å². The second kappa shape index (κ2) is 4.91. The number of hydrogen-bond donors (Lipinski definition) is 1. The summed E-state index contributed by atoms with van der Waals surface area (Å²) in [6.07, 6.45) is 3.64. The fourth-order valence-electron chi connectivity index (χ4n) is 2.06. The number of methoxy groups -OCH3 is 1. The molecule has 14 heavy (non-hydrogen) atoms. The average molecular weight is 199 g/mol. The van der Waals surface area contributed by atoms with E-state index in [0.29, 0.717) is 6.04 Å². The molecule has 0 fully saturated rings. The molecule has 0 aromatic carbocycles. The van der Waals surface area contributed by atoms with E-state index in [4.69, 9.17) is 4.74 Å². The fourth-order valence-corrected chi connectivity index (χ4v) is 2.06.